The van der Waals surface area contributed by atoms with Crippen LogP contribution < -0.4 is 0 Å². The molecule has 0 atom stereocenters. The molecule has 0 spiro atoms. The Morgan fingerprint density at radius 2 is 1.44 bits per heavy atom. The lowest BCUT2D eigenvalue weighted by Crippen LogP contribution is -1.98. The predicted octanol–water partition coefficient (Wildman–Crippen LogP) is 1.65. The van der Waals surface area contributed by atoms with Crippen LogP contribution in [0.5, 0.6) is 17.2 Å². The van der Waals surface area contributed by atoms with Crippen LogP contribution in [0.3, 0.4) is 0 Å². The highest BCUT2D eigenvalue weighted by molar-refractivity contribution is 6.09. The second-order valence-electron chi connectivity index (χ2n) is 3.27. The molecule has 0 aliphatic heterocycles. The molecular formula is C11H8O5. The van der Waals surface area contributed by atoms with Crippen LogP contribution in [0.2, 0.25) is 0 Å². The van der Waals surface area contributed by atoms with Gasteiger partial charge in [0.15, 0.2) is 11.5 Å². The fourth-order valence-corrected chi connectivity index (χ4v) is 1.61. The van der Waals surface area contributed by atoms with Crippen LogP contribution in [0.1, 0.15) is 10.4 Å². The largest absolute Gasteiger partial charge is 0.504 e. The van der Waals surface area contributed by atoms with E-state index in [1.807, 2.05) is 0 Å². The van der Waals surface area contributed by atoms with Gasteiger partial charge in [-0.05, 0) is 0 Å². The summed E-state index contributed by atoms with van der Waals surface area (Å²) < 4.78 is 0. The van der Waals surface area contributed by atoms with Crippen molar-refractivity contribution in [2.45, 2.75) is 0 Å². The second-order valence-corrected chi connectivity index (χ2v) is 3.27. The smallest absolute Gasteiger partial charge is 0.340 e. The van der Waals surface area contributed by atoms with Crippen LogP contribution in [-0.2, 0) is 0 Å². The van der Waals surface area contributed by atoms with Gasteiger partial charge in [0.05, 0.1) is 0 Å². The monoisotopic (exact) mass is 220 g/mol. The van der Waals surface area contributed by atoms with E-state index in [4.69, 9.17) is 5.11 Å². The minimum Gasteiger partial charge on any atom is -0.504 e. The minimum absolute atomic E-state index is 0.169. The Balaban J connectivity index is 3.04. The normalized spacial score (nSPS) is 10.5. The first-order valence-electron chi connectivity index (χ1n) is 4.43. The Bertz CT molecular complexity index is 588. The molecule has 0 saturated carbocycles. The highest BCUT2D eigenvalue weighted by atomic mass is 16.4. The summed E-state index contributed by atoms with van der Waals surface area (Å²) in [6, 6.07) is 6.06. The van der Waals surface area contributed by atoms with Gasteiger partial charge in [0.2, 0.25) is 5.75 Å². The summed E-state index contributed by atoms with van der Waals surface area (Å²) in [6.45, 7) is 0. The van der Waals surface area contributed by atoms with Gasteiger partial charge in [-0.15, -0.1) is 0 Å². The van der Waals surface area contributed by atoms with Crippen molar-refractivity contribution in [2.24, 2.45) is 0 Å². The average Bonchev–Trinajstić information content (AvgIpc) is 2.26. The summed E-state index contributed by atoms with van der Waals surface area (Å²) in [7, 11) is 0. The highest BCUT2D eigenvalue weighted by Crippen LogP contribution is 2.44. The number of phenols is 3. The Kier molecular flexibility index (Phi) is 2.09. The summed E-state index contributed by atoms with van der Waals surface area (Å²) in [6.07, 6.45) is 0. The number of phenolic OH excluding ortho intramolecular Hbond substituents is 2. The number of rotatable bonds is 1. The van der Waals surface area contributed by atoms with Gasteiger partial charge in [-0.1, -0.05) is 24.3 Å². The van der Waals surface area contributed by atoms with E-state index in [-0.39, 0.29) is 10.8 Å². The van der Waals surface area contributed by atoms with E-state index < -0.39 is 28.8 Å². The van der Waals surface area contributed by atoms with Gasteiger partial charge in [-0.2, -0.15) is 0 Å². The molecule has 0 aliphatic carbocycles. The van der Waals surface area contributed by atoms with E-state index in [2.05, 4.69) is 0 Å². The number of aromatic carboxylic acids is 1. The van der Waals surface area contributed by atoms with Crippen molar-refractivity contribution in [3.8, 4) is 17.2 Å². The maximum atomic E-state index is 10.9. The lowest BCUT2D eigenvalue weighted by atomic mass is 10.0. The average molecular weight is 220 g/mol. The molecule has 0 fully saturated rings. The van der Waals surface area contributed by atoms with Gasteiger partial charge < -0.3 is 20.4 Å². The molecule has 0 heterocycles. The van der Waals surface area contributed by atoms with E-state index in [1.54, 1.807) is 12.1 Å². The van der Waals surface area contributed by atoms with E-state index in [9.17, 15) is 20.1 Å². The Morgan fingerprint density at radius 3 is 2.00 bits per heavy atom. The summed E-state index contributed by atoms with van der Waals surface area (Å²) in [5.74, 6) is -3.55. The van der Waals surface area contributed by atoms with E-state index in [1.165, 1.54) is 12.1 Å². The standard InChI is InChI=1S/C11H8O5/c12-8-6-4-2-1-3-5(6)7(11(15)16)9(13)10(8)14/h1-4,12-14H,(H,15,16). The zero-order valence-corrected chi connectivity index (χ0v) is 8.01. The predicted molar refractivity (Wildman–Crippen MR) is 55.9 cm³/mol. The lowest BCUT2D eigenvalue weighted by molar-refractivity contribution is 0.0695. The maximum absolute atomic E-state index is 10.9. The second kappa shape index (κ2) is 3.30. The van der Waals surface area contributed by atoms with E-state index in [0.717, 1.165) is 0 Å². The molecule has 5 nitrogen and oxygen atoms in total. The third kappa shape index (κ3) is 1.22. The number of fused-ring (bicyclic) bond motifs is 1. The Labute approximate surface area is 89.8 Å². The Morgan fingerprint density at radius 1 is 0.875 bits per heavy atom. The van der Waals surface area contributed by atoms with Crippen molar-refractivity contribution in [1.82, 2.24) is 0 Å². The van der Waals surface area contributed by atoms with Crippen molar-refractivity contribution in [3.05, 3.63) is 29.8 Å². The molecule has 0 unspecified atom stereocenters. The van der Waals surface area contributed by atoms with Crippen molar-refractivity contribution in [1.29, 1.82) is 0 Å². The van der Waals surface area contributed by atoms with E-state index in [0.29, 0.717) is 0 Å². The van der Waals surface area contributed by atoms with Gasteiger partial charge >= 0.3 is 5.97 Å². The zero-order chi connectivity index (χ0) is 11.9. The number of aromatic hydroxyl groups is 3. The van der Waals surface area contributed by atoms with Crippen LogP contribution in [0.15, 0.2) is 24.3 Å². The number of hydrogen-bond acceptors (Lipinski definition) is 4. The first-order valence-corrected chi connectivity index (χ1v) is 4.43. The molecule has 82 valence electrons. The van der Waals surface area contributed by atoms with Gasteiger partial charge in [0.25, 0.3) is 0 Å². The van der Waals surface area contributed by atoms with Crippen LogP contribution in [0.4, 0.5) is 0 Å². The van der Waals surface area contributed by atoms with Crippen LogP contribution in [-0.4, -0.2) is 26.4 Å². The molecule has 2 aromatic carbocycles. The van der Waals surface area contributed by atoms with Crippen molar-refractivity contribution >= 4 is 16.7 Å². The molecule has 0 saturated heterocycles. The van der Waals surface area contributed by atoms with Gasteiger partial charge in [-0.25, -0.2) is 4.79 Å². The van der Waals surface area contributed by atoms with Crippen LogP contribution in [0.25, 0.3) is 10.8 Å². The first-order chi connectivity index (χ1) is 7.54. The third-order valence-corrected chi connectivity index (χ3v) is 2.35. The van der Waals surface area contributed by atoms with E-state index >= 15 is 0 Å². The zero-order valence-electron chi connectivity index (χ0n) is 8.01. The fraction of sp³-hybridized carbons (Fsp3) is 0. The summed E-state index contributed by atoms with van der Waals surface area (Å²) >= 11 is 0. The molecule has 0 aliphatic rings. The van der Waals surface area contributed by atoms with Crippen molar-refractivity contribution < 1.29 is 25.2 Å². The molecule has 2 aromatic rings. The quantitative estimate of drug-likeness (QED) is 0.548. The Hall–Kier alpha value is -2.43. The fourth-order valence-electron chi connectivity index (χ4n) is 1.61. The molecule has 0 radical (unpaired) electrons. The molecule has 16 heavy (non-hydrogen) atoms. The van der Waals surface area contributed by atoms with Crippen LogP contribution in [0, 0.1) is 0 Å². The number of carboxylic acid groups (broad SMARTS) is 1. The van der Waals surface area contributed by atoms with Crippen molar-refractivity contribution in [2.75, 3.05) is 0 Å². The number of carbonyl (C=O) groups is 1. The number of hydrogen-bond donors (Lipinski definition) is 4. The molecule has 0 bridgehead atoms. The maximum Gasteiger partial charge on any atom is 0.340 e. The summed E-state index contributed by atoms with van der Waals surface area (Å²) in [4.78, 5) is 10.9. The topological polar surface area (TPSA) is 98.0 Å². The highest BCUT2D eigenvalue weighted by Gasteiger charge is 2.22. The van der Waals surface area contributed by atoms with Gasteiger partial charge in [0, 0.05) is 10.8 Å². The molecule has 5 heteroatoms. The molecule has 0 amide bonds. The van der Waals surface area contributed by atoms with Crippen molar-refractivity contribution in [3.63, 3.8) is 0 Å². The number of carboxylic acids is 1. The number of benzene rings is 2. The first kappa shape index (κ1) is 10.1. The summed E-state index contributed by atoms with van der Waals surface area (Å²) in [5, 5.41) is 37.6. The molecular weight excluding hydrogens is 212 g/mol. The molecule has 2 rings (SSSR count). The SMILES string of the molecule is O=C(O)c1c(O)c(O)c(O)c2ccccc12. The van der Waals surface area contributed by atoms with Crippen LogP contribution >= 0.6 is 0 Å². The molecule has 4 N–H and O–H groups in total. The van der Waals surface area contributed by atoms with Gasteiger partial charge in [-0.3, -0.25) is 0 Å². The van der Waals surface area contributed by atoms with Gasteiger partial charge in [0.1, 0.15) is 5.56 Å². The summed E-state index contributed by atoms with van der Waals surface area (Å²) in [5.41, 5.74) is -0.425. The molecule has 0 aromatic heterocycles. The third-order valence-electron chi connectivity index (χ3n) is 2.35. The lowest BCUT2D eigenvalue weighted by Gasteiger charge is -2.09. The minimum atomic E-state index is -1.37.